The first-order chi connectivity index (χ1) is 8.15. The lowest BCUT2D eigenvalue weighted by atomic mass is 10.1. The highest BCUT2D eigenvalue weighted by atomic mass is 79.9. The Labute approximate surface area is 111 Å². The van der Waals surface area contributed by atoms with Gasteiger partial charge in [0.15, 0.2) is 0 Å². The molecule has 0 spiro atoms. The minimum Gasteiger partial charge on any atom is -0.355 e. The Morgan fingerprint density at radius 3 is 2.71 bits per heavy atom. The van der Waals surface area contributed by atoms with Gasteiger partial charge in [-0.15, -0.1) is 0 Å². The van der Waals surface area contributed by atoms with E-state index in [0.29, 0.717) is 11.8 Å². The molecule has 1 amide bonds. The summed E-state index contributed by atoms with van der Waals surface area (Å²) in [5.41, 5.74) is 2.65. The lowest BCUT2D eigenvalue weighted by molar-refractivity contribution is -0.120. The van der Waals surface area contributed by atoms with Crippen LogP contribution in [0.3, 0.4) is 0 Å². The van der Waals surface area contributed by atoms with Gasteiger partial charge < -0.3 is 5.32 Å². The molecular weight excluding hydrogens is 278 g/mol. The number of carbonyl (C=O) groups excluding carboxylic acids is 1. The molecule has 0 aromatic heterocycles. The van der Waals surface area contributed by atoms with Gasteiger partial charge in [-0.25, -0.2) is 0 Å². The van der Waals surface area contributed by atoms with Crippen molar-refractivity contribution in [3.63, 3.8) is 0 Å². The summed E-state index contributed by atoms with van der Waals surface area (Å²) >= 11 is 3.51. The quantitative estimate of drug-likeness (QED) is 0.832. The Balaban J connectivity index is 1.83. The smallest absolute Gasteiger partial charge is 0.224 e. The summed E-state index contributed by atoms with van der Waals surface area (Å²) < 4.78 is 0. The monoisotopic (exact) mass is 295 g/mol. The maximum Gasteiger partial charge on any atom is 0.224 e. The zero-order valence-corrected chi connectivity index (χ0v) is 11.7. The SMILES string of the molecule is Cc1ccccc1CC(=O)NCC1(CBr)CC1. The van der Waals surface area contributed by atoms with E-state index in [1.165, 1.54) is 18.4 Å². The highest BCUT2D eigenvalue weighted by Crippen LogP contribution is 2.46. The van der Waals surface area contributed by atoms with Crippen molar-refractivity contribution in [3.05, 3.63) is 35.4 Å². The summed E-state index contributed by atoms with van der Waals surface area (Å²) in [4.78, 5) is 11.8. The zero-order chi connectivity index (χ0) is 12.3. The molecule has 0 bridgehead atoms. The summed E-state index contributed by atoms with van der Waals surface area (Å²) in [5.74, 6) is 0.131. The number of nitrogens with one attached hydrogen (secondary N) is 1. The van der Waals surface area contributed by atoms with Gasteiger partial charge in [0.1, 0.15) is 0 Å². The molecule has 0 unspecified atom stereocenters. The molecular formula is C14H18BrNO. The van der Waals surface area contributed by atoms with Crippen LogP contribution >= 0.6 is 15.9 Å². The minimum absolute atomic E-state index is 0.131. The Morgan fingerprint density at radius 2 is 2.12 bits per heavy atom. The predicted molar refractivity (Wildman–Crippen MR) is 73.4 cm³/mol. The molecule has 0 saturated heterocycles. The van der Waals surface area contributed by atoms with Gasteiger partial charge in [0.2, 0.25) is 5.91 Å². The number of aryl methyl sites for hydroxylation is 1. The third kappa shape index (κ3) is 3.32. The third-order valence-corrected chi connectivity index (χ3v) is 4.70. The molecule has 1 aromatic rings. The van der Waals surface area contributed by atoms with E-state index in [2.05, 4.69) is 21.2 Å². The fourth-order valence-electron chi connectivity index (χ4n) is 1.86. The molecule has 0 heterocycles. The van der Waals surface area contributed by atoms with Crippen LogP contribution in [-0.4, -0.2) is 17.8 Å². The number of amides is 1. The van der Waals surface area contributed by atoms with Crippen LogP contribution in [0, 0.1) is 12.3 Å². The van der Waals surface area contributed by atoms with Gasteiger partial charge in [-0.3, -0.25) is 4.79 Å². The van der Waals surface area contributed by atoms with Gasteiger partial charge in [0.25, 0.3) is 0 Å². The van der Waals surface area contributed by atoms with Crippen molar-refractivity contribution in [2.45, 2.75) is 26.2 Å². The Morgan fingerprint density at radius 1 is 1.41 bits per heavy atom. The van der Waals surface area contributed by atoms with E-state index in [0.717, 1.165) is 17.4 Å². The van der Waals surface area contributed by atoms with Crippen LogP contribution in [-0.2, 0) is 11.2 Å². The molecule has 92 valence electrons. The molecule has 0 aliphatic heterocycles. The van der Waals surface area contributed by atoms with E-state index in [1.807, 2.05) is 31.2 Å². The summed E-state index contributed by atoms with van der Waals surface area (Å²) in [6.45, 7) is 2.85. The van der Waals surface area contributed by atoms with E-state index in [9.17, 15) is 4.79 Å². The number of hydrogen-bond acceptors (Lipinski definition) is 1. The van der Waals surface area contributed by atoms with Gasteiger partial charge in [-0.2, -0.15) is 0 Å². The number of halogens is 1. The highest BCUT2D eigenvalue weighted by molar-refractivity contribution is 9.09. The molecule has 1 aromatic carbocycles. The molecule has 0 radical (unpaired) electrons. The summed E-state index contributed by atoms with van der Waals surface area (Å²) in [7, 11) is 0. The Bertz CT molecular complexity index is 412. The van der Waals surface area contributed by atoms with Crippen molar-refractivity contribution in [3.8, 4) is 0 Å². The van der Waals surface area contributed by atoms with Gasteiger partial charge >= 0.3 is 0 Å². The van der Waals surface area contributed by atoms with Gasteiger partial charge in [-0.1, -0.05) is 40.2 Å². The van der Waals surface area contributed by atoms with Crippen molar-refractivity contribution >= 4 is 21.8 Å². The summed E-state index contributed by atoms with van der Waals surface area (Å²) in [6, 6.07) is 8.05. The number of benzene rings is 1. The molecule has 1 aliphatic rings. The molecule has 1 saturated carbocycles. The maximum absolute atomic E-state index is 11.8. The average molecular weight is 296 g/mol. The topological polar surface area (TPSA) is 29.1 Å². The van der Waals surface area contributed by atoms with E-state index in [-0.39, 0.29) is 5.91 Å². The molecule has 1 N–H and O–H groups in total. The van der Waals surface area contributed by atoms with Gasteiger partial charge in [-0.05, 0) is 36.3 Å². The lowest BCUT2D eigenvalue weighted by Gasteiger charge is -2.13. The van der Waals surface area contributed by atoms with Crippen LogP contribution in [0.4, 0.5) is 0 Å². The van der Waals surface area contributed by atoms with Crippen molar-refractivity contribution in [2.75, 3.05) is 11.9 Å². The van der Waals surface area contributed by atoms with Crippen LogP contribution in [0.15, 0.2) is 24.3 Å². The molecule has 17 heavy (non-hydrogen) atoms. The number of hydrogen-bond donors (Lipinski definition) is 1. The van der Waals surface area contributed by atoms with E-state index in [1.54, 1.807) is 0 Å². The van der Waals surface area contributed by atoms with Crippen LogP contribution in [0.2, 0.25) is 0 Å². The first kappa shape index (κ1) is 12.6. The second kappa shape index (κ2) is 5.21. The molecule has 2 rings (SSSR count). The summed E-state index contributed by atoms with van der Waals surface area (Å²) in [6.07, 6.45) is 2.94. The van der Waals surface area contributed by atoms with E-state index in [4.69, 9.17) is 0 Å². The van der Waals surface area contributed by atoms with Gasteiger partial charge in [0, 0.05) is 11.9 Å². The zero-order valence-electron chi connectivity index (χ0n) is 10.1. The van der Waals surface area contributed by atoms with Crippen molar-refractivity contribution in [1.82, 2.24) is 5.32 Å². The number of rotatable bonds is 5. The van der Waals surface area contributed by atoms with Crippen LogP contribution in [0.25, 0.3) is 0 Å². The first-order valence-corrected chi connectivity index (χ1v) is 7.15. The van der Waals surface area contributed by atoms with Crippen LogP contribution in [0.1, 0.15) is 24.0 Å². The second-order valence-electron chi connectivity index (χ2n) is 5.01. The van der Waals surface area contributed by atoms with Gasteiger partial charge in [0.05, 0.1) is 6.42 Å². The molecule has 0 atom stereocenters. The fraction of sp³-hybridized carbons (Fsp3) is 0.500. The molecule has 2 nitrogen and oxygen atoms in total. The number of alkyl halides is 1. The van der Waals surface area contributed by atoms with Crippen molar-refractivity contribution in [1.29, 1.82) is 0 Å². The highest BCUT2D eigenvalue weighted by Gasteiger charge is 2.41. The molecule has 1 aliphatic carbocycles. The van der Waals surface area contributed by atoms with E-state index >= 15 is 0 Å². The summed E-state index contributed by atoms with van der Waals surface area (Å²) in [5, 5.41) is 4.03. The maximum atomic E-state index is 11.8. The average Bonchev–Trinajstić information content (AvgIpc) is 3.10. The van der Waals surface area contributed by atoms with Crippen LogP contribution < -0.4 is 5.32 Å². The van der Waals surface area contributed by atoms with Crippen LogP contribution in [0.5, 0.6) is 0 Å². The normalized spacial score (nSPS) is 16.6. The van der Waals surface area contributed by atoms with Crippen molar-refractivity contribution in [2.24, 2.45) is 5.41 Å². The second-order valence-corrected chi connectivity index (χ2v) is 5.57. The van der Waals surface area contributed by atoms with E-state index < -0.39 is 0 Å². The largest absolute Gasteiger partial charge is 0.355 e. The minimum atomic E-state index is 0.131. The number of carbonyl (C=O) groups is 1. The third-order valence-electron chi connectivity index (χ3n) is 3.51. The Kier molecular flexibility index (Phi) is 3.87. The Hall–Kier alpha value is -0.830. The molecule has 1 fully saturated rings. The predicted octanol–water partition coefficient (Wildman–Crippen LogP) is 2.83. The molecule has 3 heteroatoms. The standard InChI is InChI=1S/C14H18BrNO/c1-11-4-2-3-5-12(11)8-13(17)16-10-14(9-15)6-7-14/h2-5H,6-10H2,1H3,(H,16,17). The fourth-order valence-corrected chi connectivity index (χ4v) is 2.62. The van der Waals surface area contributed by atoms with Crippen molar-refractivity contribution < 1.29 is 4.79 Å². The first-order valence-electron chi connectivity index (χ1n) is 6.02. The lowest BCUT2D eigenvalue weighted by Crippen LogP contribution is -2.32.